The predicted octanol–water partition coefficient (Wildman–Crippen LogP) is 0.807. The average molecular weight is 250 g/mol. The van der Waals surface area contributed by atoms with Gasteiger partial charge in [-0.2, -0.15) is 0 Å². The second kappa shape index (κ2) is 6.74. The Hall–Kier alpha value is -1.91. The van der Waals surface area contributed by atoms with Crippen molar-refractivity contribution >= 4 is 17.7 Å². The lowest BCUT2D eigenvalue weighted by atomic mass is 9.84. The molecule has 0 unspecified atom stereocenters. The van der Waals surface area contributed by atoms with Gasteiger partial charge in [-0.25, -0.2) is 0 Å². The lowest BCUT2D eigenvalue weighted by Crippen LogP contribution is -2.24. The summed E-state index contributed by atoms with van der Waals surface area (Å²) in [6.45, 7) is 3.09. The molecule has 0 bridgehead atoms. The number of nitrogens with two attached hydrogens (primary N) is 1. The first-order valence-corrected chi connectivity index (χ1v) is 6.03. The molecule has 5 heteroatoms. The van der Waals surface area contributed by atoms with Gasteiger partial charge in [-0.1, -0.05) is 25.8 Å². The van der Waals surface area contributed by atoms with Crippen LogP contribution in [0.25, 0.3) is 0 Å². The molecule has 2 rings (SSSR count). The monoisotopic (exact) mass is 250 g/mol. The van der Waals surface area contributed by atoms with Crippen LogP contribution in [0.3, 0.4) is 0 Å². The van der Waals surface area contributed by atoms with Crippen molar-refractivity contribution in [2.45, 2.75) is 32.1 Å². The zero-order valence-electron chi connectivity index (χ0n) is 10.3. The van der Waals surface area contributed by atoms with E-state index in [-0.39, 0.29) is 11.8 Å². The van der Waals surface area contributed by atoms with Crippen LogP contribution in [0.2, 0.25) is 0 Å². The second-order valence-electron chi connectivity index (χ2n) is 4.36. The number of hydrogen-bond donors (Lipinski definition) is 2. The molecule has 0 aromatic rings. The smallest absolute Gasteiger partial charge is 0.254 e. The molecule has 0 aromatic carbocycles. The fourth-order valence-corrected chi connectivity index (χ4v) is 2.14. The van der Waals surface area contributed by atoms with Crippen LogP contribution >= 0.6 is 0 Å². The van der Waals surface area contributed by atoms with Crippen molar-refractivity contribution in [1.29, 1.82) is 0 Å². The largest absolute Gasteiger partial charge is 0.366 e. The molecule has 1 aliphatic carbocycles. The second-order valence-corrected chi connectivity index (χ2v) is 4.36. The van der Waals surface area contributed by atoms with Crippen molar-refractivity contribution < 1.29 is 14.4 Å². The standard InChI is InChI=1S/C10H13NO2.C3H5NO/c12-9-6-8(10(13)11-9)7-4-2-1-3-5-7;1-2-3(4)5/h6-7H,1-5H2,(H,11,12,13);2H,1H2,(H2,4,5). The Morgan fingerprint density at radius 2 is 1.89 bits per heavy atom. The first-order chi connectivity index (χ1) is 8.54. The molecule has 0 radical (unpaired) electrons. The van der Waals surface area contributed by atoms with E-state index in [0.717, 1.165) is 18.9 Å². The molecule has 0 atom stereocenters. The number of nitrogens with one attached hydrogen (secondary N) is 1. The Morgan fingerprint density at radius 3 is 2.28 bits per heavy atom. The number of amides is 3. The average Bonchev–Trinajstić information content (AvgIpc) is 2.70. The predicted molar refractivity (Wildman–Crippen MR) is 67.2 cm³/mol. The van der Waals surface area contributed by atoms with Crippen LogP contribution in [-0.4, -0.2) is 17.7 Å². The molecular formula is C13H18N2O3. The van der Waals surface area contributed by atoms with Crippen molar-refractivity contribution in [3.8, 4) is 0 Å². The SMILES string of the molecule is C=CC(N)=O.O=C1C=C(C2CCCCC2)C(=O)N1. The quantitative estimate of drug-likeness (QED) is 0.561. The molecule has 1 saturated carbocycles. The third-order valence-electron chi connectivity index (χ3n) is 3.03. The van der Waals surface area contributed by atoms with E-state index in [1.54, 1.807) is 0 Å². The first kappa shape index (κ1) is 14.2. The molecule has 98 valence electrons. The molecule has 1 fully saturated rings. The van der Waals surface area contributed by atoms with E-state index in [2.05, 4.69) is 17.6 Å². The summed E-state index contributed by atoms with van der Waals surface area (Å²) in [4.78, 5) is 31.7. The highest BCUT2D eigenvalue weighted by Gasteiger charge is 2.28. The van der Waals surface area contributed by atoms with Crippen LogP contribution in [0.1, 0.15) is 32.1 Å². The fourth-order valence-electron chi connectivity index (χ4n) is 2.14. The van der Waals surface area contributed by atoms with Crippen molar-refractivity contribution in [2.75, 3.05) is 0 Å². The molecule has 18 heavy (non-hydrogen) atoms. The van der Waals surface area contributed by atoms with E-state index >= 15 is 0 Å². The number of imide groups is 1. The molecule has 3 amide bonds. The Bertz CT molecular complexity index is 393. The molecule has 1 heterocycles. The minimum Gasteiger partial charge on any atom is -0.366 e. The van der Waals surface area contributed by atoms with Crippen LogP contribution in [0.5, 0.6) is 0 Å². The normalized spacial score (nSPS) is 19.4. The van der Waals surface area contributed by atoms with Crippen LogP contribution in [-0.2, 0) is 14.4 Å². The van der Waals surface area contributed by atoms with Crippen molar-refractivity contribution in [1.82, 2.24) is 5.32 Å². The molecule has 3 N–H and O–H groups in total. The van der Waals surface area contributed by atoms with Crippen LogP contribution in [0, 0.1) is 5.92 Å². The van der Waals surface area contributed by atoms with E-state index < -0.39 is 5.91 Å². The number of carbonyl (C=O) groups is 3. The Labute approximate surface area is 106 Å². The van der Waals surface area contributed by atoms with Crippen LogP contribution < -0.4 is 11.1 Å². The van der Waals surface area contributed by atoms with Crippen molar-refractivity contribution in [3.05, 3.63) is 24.3 Å². The zero-order valence-corrected chi connectivity index (χ0v) is 10.3. The van der Waals surface area contributed by atoms with Gasteiger partial charge in [0, 0.05) is 11.6 Å². The zero-order chi connectivity index (χ0) is 13.5. The Kier molecular flexibility index (Phi) is 5.30. The van der Waals surface area contributed by atoms with Crippen LogP contribution in [0.15, 0.2) is 24.3 Å². The van der Waals surface area contributed by atoms with Gasteiger partial charge in [-0.05, 0) is 24.8 Å². The molecule has 5 nitrogen and oxygen atoms in total. The van der Waals surface area contributed by atoms with E-state index in [1.165, 1.54) is 25.3 Å². The van der Waals surface area contributed by atoms with Gasteiger partial charge in [0.15, 0.2) is 0 Å². The van der Waals surface area contributed by atoms with E-state index in [1.807, 2.05) is 0 Å². The van der Waals surface area contributed by atoms with Gasteiger partial charge in [0.05, 0.1) is 0 Å². The minimum absolute atomic E-state index is 0.170. The van der Waals surface area contributed by atoms with E-state index in [0.29, 0.717) is 11.5 Å². The summed E-state index contributed by atoms with van der Waals surface area (Å²) in [6, 6.07) is 0. The lowest BCUT2D eigenvalue weighted by Gasteiger charge is -2.21. The summed E-state index contributed by atoms with van der Waals surface area (Å²) in [7, 11) is 0. The Morgan fingerprint density at radius 1 is 1.33 bits per heavy atom. The van der Waals surface area contributed by atoms with Gasteiger partial charge < -0.3 is 5.73 Å². The summed E-state index contributed by atoms with van der Waals surface area (Å²) >= 11 is 0. The van der Waals surface area contributed by atoms with Crippen LogP contribution in [0.4, 0.5) is 0 Å². The lowest BCUT2D eigenvalue weighted by molar-refractivity contribution is -0.124. The molecule has 0 aromatic heterocycles. The minimum atomic E-state index is -0.481. The molecule has 1 aliphatic heterocycles. The molecule has 0 saturated heterocycles. The Balaban J connectivity index is 0.000000280. The maximum absolute atomic E-state index is 11.3. The van der Waals surface area contributed by atoms with Gasteiger partial charge in [-0.3, -0.25) is 19.7 Å². The van der Waals surface area contributed by atoms with Gasteiger partial charge >= 0.3 is 0 Å². The fraction of sp³-hybridized carbons (Fsp3) is 0.462. The van der Waals surface area contributed by atoms with Gasteiger partial charge in [0.25, 0.3) is 11.8 Å². The highest BCUT2D eigenvalue weighted by Crippen LogP contribution is 2.30. The third-order valence-corrected chi connectivity index (χ3v) is 3.03. The van der Waals surface area contributed by atoms with E-state index in [9.17, 15) is 14.4 Å². The van der Waals surface area contributed by atoms with Gasteiger partial charge in [0.1, 0.15) is 0 Å². The van der Waals surface area contributed by atoms with E-state index in [4.69, 9.17) is 0 Å². The van der Waals surface area contributed by atoms with Gasteiger partial charge in [0.2, 0.25) is 5.91 Å². The number of primary amides is 1. The van der Waals surface area contributed by atoms with Crippen molar-refractivity contribution in [3.63, 3.8) is 0 Å². The summed E-state index contributed by atoms with van der Waals surface area (Å²) in [5.41, 5.74) is 5.25. The first-order valence-electron chi connectivity index (χ1n) is 6.03. The third kappa shape index (κ3) is 4.16. The summed E-state index contributed by atoms with van der Waals surface area (Å²) in [5, 5.41) is 2.29. The number of hydrogen-bond acceptors (Lipinski definition) is 3. The summed E-state index contributed by atoms with van der Waals surface area (Å²) in [6.07, 6.45) is 8.28. The molecular weight excluding hydrogens is 232 g/mol. The highest BCUT2D eigenvalue weighted by atomic mass is 16.2. The number of carbonyl (C=O) groups excluding carboxylic acids is 3. The van der Waals surface area contributed by atoms with Crippen molar-refractivity contribution in [2.24, 2.45) is 11.7 Å². The topological polar surface area (TPSA) is 89.3 Å². The maximum atomic E-state index is 11.3. The highest BCUT2D eigenvalue weighted by molar-refractivity contribution is 6.16. The molecule has 0 spiro atoms. The maximum Gasteiger partial charge on any atom is 0.254 e. The summed E-state index contributed by atoms with van der Waals surface area (Å²) < 4.78 is 0. The summed E-state index contributed by atoms with van der Waals surface area (Å²) in [5.74, 6) is -0.562. The molecule has 2 aliphatic rings. The van der Waals surface area contributed by atoms with Gasteiger partial charge in [-0.15, -0.1) is 0 Å². The number of rotatable bonds is 2.